The van der Waals surface area contributed by atoms with E-state index in [9.17, 15) is 0 Å². The van der Waals surface area contributed by atoms with Gasteiger partial charge in [0.25, 0.3) is 0 Å². The molecule has 0 amide bonds. The average molecular weight is 406 g/mol. The van der Waals surface area contributed by atoms with Crippen molar-refractivity contribution in [3.8, 4) is 0 Å². The molecule has 1 fully saturated rings. The van der Waals surface area contributed by atoms with Gasteiger partial charge in [0.2, 0.25) is 0 Å². The molecule has 0 radical (unpaired) electrons. The maximum atomic E-state index is 4.65. The van der Waals surface area contributed by atoms with E-state index in [4.69, 9.17) is 0 Å². The Morgan fingerprint density at radius 2 is 0.733 bits per heavy atom. The van der Waals surface area contributed by atoms with Crippen LogP contribution in [0.25, 0.3) is 0 Å². The van der Waals surface area contributed by atoms with Crippen molar-refractivity contribution >= 4 is 0 Å². The fourth-order valence-corrected chi connectivity index (χ4v) is 4.37. The van der Waals surface area contributed by atoms with Gasteiger partial charge in [-0.1, -0.05) is 0 Å². The van der Waals surface area contributed by atoms with Gasteiger partial charge in [0.15, 0.2) is 0 Å². The van der Waals surface area contributed by atoms with Crippen molar-refractivity contribution in [3.63, 3.8) is 0 Å². The van der Waals surface area contributed by atoms with E-state index in [1.807, 2.05) is 96.0 Å². The zero-order valence-electron chi connectivity index (χ0n) is 17.5. The van der Waals surface area contributed by atoms with Gasteiger partial charge >= 0.3 is 0 Å². The monoisotopic (exact) mass is 406 g/mol. The zero-order chi connectivity index (χ0) is 20.8. The first-order chi connectivity index (χ1) is 14.5. The van der Waals surface area contributed by atoms with Crippen LogP contribution in [0.4, 0.5) is 0 Å². The third-order valence-corrected chi connectivity index (χ3v) is 5.93. The molecule has 4 aromatic rings. The molecular formula is C20H26N10. The third kappa shape index (κ3) is 2.96. The van der Waals surface area contributed by atoms with E-state index in [1.165, 1.54) is 0 Å². The fraction of sp³-hybridized carbons (Fsp3) is 0.400. The Kier molecular flexibility index (Phi) is 4.52. The molecule has 10 nitrogen and oxygen atoms in total. The summed E-state index contributed by atoms with van der Waals surface area (Å²) in [5.41, 5.74) is 0. The van der Waals surface area contributed by atoms with Gasteiger partial charge in [0.05, 0.1) is 24.2 Å². The van der Waals surface area contributed by atoms with Crippen molar-refractivity contribution in [3.05, 3.63) is 72.9 Å². The molecule has 156 valence electrons. The highest BCUT2D eigenvalue weighted by molar-refractivity contribution is 5.21. The van der Waals surface area contributed by atoms with Crippen LogP contribution in [0, 0.1) is 0 Å². The highest BCUT2D eigenvalue weighted by Crippen LogP contribution is 2.41. The van der Waals surface area contributed by atoms with Crippen LogP contribution in [0.3, 0.4) is 0 Å². The Morgan fingerprint density at radius 3 is 0.900 bits per heavy atom. The quantitative estimate of drug-likeness (QED) is 0.527. The minimum atomic E-state index is -0.107. The summed E-state index contributed by atoms with van der Waals surface area (Å²) in [7, 11) is 8.06. The lowest BCUT2D eigenvalue weighted by Gasteiger charge is -2.42. The second-order valence-electron chi connectivity index (χ2n) is 7.83. The van der Waals surface area contributed by atoms with Crippen LogP contribution in [0.15, 0.2) is 49.6 Å². The van der Waals surface area contributed by atoms with E-state index < -0.39 is 0 Å². The average Bonchev–Trinajstić information content (AvgIpc) is 3.51. The number of piperazine rings is 1. The highest BCUT2D eigenvalue weighted by atomic mass is 15.3. The second kappa shape index (κ2) is 7.22. The number of rotatable bonds is 4. The Hall–Kier alpha value is -3.24. The molecule has 1 aliphatic rings. The summed E-state index contributed by atoms with van der Waals surface area (Å²) in [6.45, 7) is 0. The van der Waals surface area contributed by atoms with Gasteiger partial charge in [-0.25, -0.2) is 19.9 Å². The van der Waals surface area contributed by atoms with Gasteiger partial charge < -0.3 is 18.3 Å². The minimum Gasteiger partial charge on any atom is -0.337 e. The van der Waals surface area contributed by atoms with Crippen LogP contribution in [0.5, 0.6) is 0 Å². The van der Waals surface area contributed by atoms with Crippen molar-refractivity contribution < 1.29 is 0 Å². The maximum absolute atomic E-state index is 4.65. The van der Waals surface area contributed by atoms with Crippen LogP contribution in [0.2, 0.25) is 0 Å². The molecule has 5 heterocycles. The zero-order valence-corrected chi connectivity index (χ0v) is 17.5. The Labute approximate surface area is 174 Å². The minimum absolute atomic E-state index is 0.107. The van der Waals surface area contributed by atoms with Crippen molar-refractivity contribution in [1.29, 1.82) is 0 Å². The summed E-state index contributed by atoms with van der Waals surface area (Å²) < 4.78 is 8.19. The normalized spacial score (nSPS) is 24.4. The first-order valence-corrected chi connectivity index (χ1v) is 9.95. The Morgan fingerprint density at radius 1 is 0.500 bits per heavy atom. The largest absolute Gasteiger partial charge is 0.337 e. The smallest absolute Gasteiger partial charge is 0.127 e. The van der Waals surface area contributed by atoms with Crippen molar-refractivity contribution in [2.45, 2.75) is 24.2 Å². The summed E-state index contributed by atoms with van der Waals surface area (Å²) in [4.78, 5) is 18.6. The lowest BCUT2D eigenvalue weighted by molar-refractivity contribution is 0.180. The third-order valence-electron chi connectivity index (χ3n) is 5.93. The molecule has 10 heteroatoms. The number of hydrogen-bond acceptors (Lipinski definition) is 6. The lowest BCUT2D eigenvalue weighted by Crippen LogP contribution is -2.51. The highest BCUT2D eigenvalue weighted by Gasteiger charge is 2.44. The summed E-state index contributed by atoms with van der Waals surface area (Å²) in [6, 6.07) is -0.428. The molecule has 0 saturated carbocycles. The van der Waals surface area contributed by atoms with Crippen LogP contribution >= 0.6 is 0 Å². The molecule has 4 atom stereocenters. The number of aromatic nitrogens is 8. The van der Waals surface area contributed by atoms with Crippen molar-refractivity contribution in [2.75, 3.05) is 0 Å². The molecule has 1 aliphatic heterocycles. The van der Waals surface area contributed by atoms with Gasteiger partial charge in [-0.2, -0.15) is 0 Å². The predicted octanol–water partition coefficient (Wildman–Crippen LogP) is 1.08. The molecule has 0 unspecified atom stereocenters. The molecule has 2 N–H and O–H groups in total. The number of nitrogens with zero attached hydrogens (tertiary/aromatic N) is 8. The summed E-state index contributed by atoms with van der Waals surface area (Å²) in [5, 5.41) is 7.67. The molecule has 30 heavy (non-hydrogen) atoms. The van der Waals surface area contributed by atoms with E-state index in [2.05, 4.69) is 30.6 Å². The Balaban J connectivity index is 1.65. The first kappa shape index (κ1) is 18.8. The van der Waals surface area contributed by atoms with Crippen molar-refractivity contribution in [2.24, 2.45) is 28.2 Å². The number of nitrogens with one attached hydrogen (secondary N) is 2. The molecular weight excluding hydrogens is 380 g/mol. The maximum Gasteiger partial charge on any atom is 0.127 e. The number of aryl methyl sites for hydroxylation is 4. The van der Waals surface area contributed by atoms with Crippen LogP contribution in [0.1, 0.15) is 47.5 Å². The van der Waals surface area contributed by atoms with E-state index in [-0.39, 0.29) is 24.2 Å². The molecule has 0 bridgehead atoms. The van der Waals surface area contributed by atoms with Gasteiger partial charge in [0.1, 0.15) is 23.3 Å². The van der Waals surface area contributed by atoms with Gasteiger partial charge in [-0.05, 0) is 0 Å². The fourth-order valence-electron chi connectivity index (χ4n) is 4.37. The molecule has 0 spiro atoms. The van der Waals surface area contributed by atoms with Crippen LogP contribution in [-0.4, -0.2) is 38.2 Å². The van der Waals surface area contributed by atoms with Gasteiger partial charge in [0, 0.05) is 77.8 Å². The van der Waals surface area contributed by atoms with E-state index in [0.29, 0.717) is 0 Å². The second-order valence-corrected chi connectivity index (χ2v) is 7.83. The predicted molar refractivity (Wildman–Crippen MR) is 110 cm³/mol. The Bertz CT molecular complexity index is 969. The number of hydrogen-bond donors (Lipinski definition) is 2. The summed E-state index contributed by atoms with van der Waals surface area (Å²) in [6.07, 6.45) is 15.2. The molecule has 1 saturated heterocycles. The van der Waals surface area contributed by atoms with E-state index in [1.54, 1.807) is 0 Å². The summed E-state index contributed by atoms with van der Waals surface area (Å²) in [5.74, 6) is 3.75. The SMILES string of the molecule is Cn1ccnc1[C@H]1N[C@@H](c2nccn2C)[C@H](c2nccn2C)N[C@@H]1c1nccn1C. The van der Waals surface area contributed by atoms with Crippen LogP contribution in [-0.2, 0) is 28.2 Å². The lowest BCUT2D eigenvalue weighted by atomic mass is 9.93. The van der Waals surface area contributed by atoms with E-state index >= 15 is 0 Å². The molecule has 0 aliphatic carbocycles. The molecule has 0 aromatic carbocycles. The van der Waals surface area contributed by atoms with Gasteiger partial charge in [-0.3, -0.25) is 10.6 Å². The van der Waals surface area contributed by atoms with Gasteiger partial charge in [-0.15, -0.1) is 0 Å². The topological polar surface area (TPSA) is 95.3 Å². The summed E-state index contributed by atoms with van der Waals surface area (Å²) >= 11 is 0. The van der Waals surface area contributed by atoms with Crippen molar-refractivity contribution in [1.82, 2.24) is 48.8 Å². The molecule has 4 aromatic heterocycles. The van der Waals surface area contributed by atoms with E-state index in [0.717, 1.165) is 23.3 Å². The molecule has 5 rings (SSSR count). The number of imidazole rings is 4. The standard InChI is InChI=1S/C20H26N10/c1-27-9-5-21-17(27)13-14(18-22-6-10-28(18)2)26-16(20-24-8-12-30(20)4)15(25-13)19-23-7-11-29(19)3/h5-16,25-26H,1-4H3/t13-,14-,15+,16+. The first-order valence-electron chi connectivity index (χ1n) is 9.95. The van der Waals surface area contributed by atoms with Crippen LogP contribution < -0.4 is 10.6 Å².